The molecule has 36 heavy (non-hydrogen) atoms. The first-order valence-electron chi connectivity index (χ1n) is 12.6. The molecule has 0 aliphatic rings. The highest BCUT2D eigenvalue weighted by atomic mass is 19.1. The van der Waals surface area contributed by atoms with Crippen LogP contribution in [-0.2, 0) is 10.8 Å². The summed E-state index contributed by atoms with van der Waals surface area (Å²) < 4.78 is 29.0. The summed E-state index contributed by atoms with van der Waals surface area (Å²) in [5, 5.41) is 3.91. The van der Waals surface area contributed by atoms with Crippen molar-refractivity contribution in [2.75, 3.05) is 0 Å². The fraction of sp³-hybridized carbons (Fsp3) is 0.235. The van der Waals surface area contributed by atoms with Crippen LogP contribution in [-0.4, -0.2) is 0 Å². The van der Waals surface area contributed by atoms with Crippen molar-refractivity contribution >= 4 is 21.5 Å². The maximum atomic E-state index is 14.6. The Hall–Kier alpha value is -3.52. The van der Waals surface area contributed by atoms with Crippen molar-refractivity contribution in [3.8, 4) is 11.1 Å². The van der Waals surface area contributed by atoms with Crippen LogP contribution >= 0.6 is 0 Å². The lowest BCUT2D eigenvalue weighted by Gasteiger charge is -2.34. The van der Waals surface area contributed by atoms with Gasteiger partial charge in [-0.3, -0.25) is 0 Å². The molecule has 5 aromatic rings. The number of halogens is 2. The molecule has 0 radical (unpaired) electrons. The second-order valence-corrected chi connectivity index (χ2v) is 11.1. The molecule has 0 aliphatic heterocycles. The fourth-order valence-corrected chi connectivity index (χ4v) is 5.54. The summed E-state index contributed by atoms with van der Waals surface area (Å²) in [4.78, 5) is 0. The lowest BCUT2D eigenvalue weighted by atomic mass is 9.70. The zero-order valence-electron chi connectivity index (χ0n) is 21.4. The number of rotatable bonds is 6. The molecule has 0 unspecified atom stereocenters. The van der Waals surface area contributed by atoms with Gasteiger partial charge in [-0.05, 0) is 80.3 Å². The van der Waals surface area contributed by atoms with Gasteiger partial charge in [-0.25, -0.2) is 8.78 Å². The maximum absolute atomic E-state index is 14.6. The molecule has 0 nitrogen and oxygen atoms in total. The third-order valence-electron chi connectivity index (χ3n) is 7.77. The van der Waals surface area contributed by atoms with E-state index in [1.807, 2.05) is 54.6 Å². The Labute approximate surface area is 212 Å². The van der Waals surface area contributed by atoms with E-state index in [1.165, 1.54) is 0 Å². The van der Waals surface area contributed by atoms with Gasteiger partial charge in [-0.15, -0.1) is 0 Å². The van der Waals surface area contributed by atoms with E-state index >= 15 is 0 Å². The van der Waals surface area contributed by atoms with Gasteiger partial charge < -0.3 is 0 Å². The molecule has 182 valence electrons. The zero-order chi connectivity index (χ0) is 25.5. The van der Waals surface area contributed by atoms with Crippen LogP contribution in [0, 0.1) is 11.6 Å². The van der Waals surface area contributed by atoms with E-state index in [9.17, 15) is 8.78 Å². The van der Waals surface area contributed by atoms with E-state index in [1.54, 1.807) is 18.2 Å². The average Bonchev–Trinajstić information content (AvgIpc) is 2.87. The van der Waals surface area contributed by atoms with Crippen molar-refractivity contribution in [3.05, 3.63) is 120 Å². The summed E-state index contributed by atoms with van der Waals surface area (Å²) >= 11 is 0. The molecule has 0 N–H and O–H groups in total. The molecule has 0 spiro atoms. The number of hydrogen-bond donors (Lipinski definition) is 0. The standard InChI is InChI=1S/C34H32F2/c1-33(2,30-18-19-32(36)28-14-8-7-13-27(28)30)20-21-34(3,4)31-17-16-24(35)22-29(31)26-15-9-11-23-10-5-6-12-25(23)26/h5-19,22H,20-21H2,1-4H3. The fourth-order valence-electron chi connectivity index (χ4n) is 5.54. The Balaban J connectivity index is 1.52. The van der Waals surface area contributed by atoms with Crippen LogP contribution in [0.4, 0.5) is 8.78 Å². The molecule has 0 bridgehead atoms. The first kappa shape index (κ1) is 24.2. The summed E-state index contributed by atoms with van der Waals surface area (Å²) in [5.74, 6) is -0.410. The molecule has 0 fully saturated rings. The predicted molar refractivity (Wildman–Crippen MR) is 149 cm³/mol. The first-order chi connectivity index (χ1) is 17.2. The third-order valence-corrected chi connectivity index (χ3v) is 7.77. The molecule has 2 heteroatoms. The SMILES string of the molecule is CC(C)(CCC(C)(C)c1ccc(F)c2ccccc12)c1ccc(F)cc1-c1cccc2ccccc12. The van der Waals surface area contributed by atoms with Gasteiger partial charge in [-0.1, -0.05) is 107 Å². The Kier molecular flexibility index (Phi) is 6.16. The summed E-state index contributed by atoms with van der Waals surface area (Å²) in [7, 11) is 0. The van der Waals surface area contributed by atoms with Crippen molar-refractivity contribution in [1.29, 1.82) is 0 Å². The average molecular weight is 479 g/mol. The monoisotopic (exact) mass is 478 g/mol. The summed E-state index contributed by atoms with van der Waals surface area (Å²) in [6.07, 6.45) is 1.80. The number of benzene rings is 5. The van der Waals surface area contributed by atoms with Crippen LogP contribution in [0.15, 0.2) is 97.1 Å². The van der Waals surface area contributed by atoms with Crippen LogP contribution in [0.5, 0.6) is 0 Å². The Bertz CT molecular complexity index is 1550. The van der Waals surface area contributed by atoms with E-state index in [0.717, 1.165) is 51.3 Å². The molecular formula is C34H32F2. The molecule has 0 aliphatic carbocycles. The third kappa shape index (κ3) is 4.41. The van der Waals surface area contributed by atoms with Crippen LogP contribution in [0.25, 0.3) is 32.7 Å². The molecule has 0 saturated heterocycles. The van der Waals surface area contributed by atoms with Gasteiger partial charge in [0.2, 0.25) is 0 Å². The van der Waals surface area contributed by atoms with Crippen molar-refractivity contribution in [2.24, 2.45) is 0 Å². The van der Waals surface area contributed by atoms with Crippen LogP contribution in [0.1, 0.15) is 51.7 Å². The molecule has 5 aromatic carbocycles. The van der Waals surface area contributed by atoms with Gasteiger partial charge in [0.25, 0.3) is 0 Å². The number of hydrogen-bond acceptors (Lipinski definition) is 0. The van der Waals surface area contributed by atoms with Gasteiger partial charge >= 0.3 is 0 Å². The minimum absolute atomic E-state index is 0.162. The Morgan fingerprint density at radius 2 is 1.11 bits per heavy atom. The Morgan fingerprint density at radius 1 is 0.528 bits per heavy atom. The van der Waals surface area contributed by atoms with Crippen LogP contribution < -0.4 is 0 Å². The highest BCUT2D eigenvalue weighted by Gasteiger charge is 2.30. The highest BCUT2D eigenvalue weighted by Crippen LogP contribution is 2.43. The van der Waals surface area contributed by atoms with Gasteiger partial charge in [-0.2, -0.15) is 0 Å². The van der Waals surface area contributed by atoms with Gasteiger partial charge in [0.05, 0.1) is 0 Å². The number of fused-ring (bicyclic) bond motifs is 2. The van der Waals surface area contributed by atoms with E-state index in [-0.39, 0.29) is 22.5 Å². The minimum Gasteiger partial charge on any atom is -0.207 e. The van der Waals surface area contributed by atoms with Crippen molar-refractivity contribution < 1.29 is 8.78 Å². The zero-order valence-corrected chi connectivity index (χ0v) is 21.4. The molecular weight excluding hydrogens is 446 g/mol. The Morgan fingerprint density at radius 3 is 1.86 bits per heavy atom. The summed E-state index contributed by atoms with van der Waals surface area (Å²) in [6, 6.07) is 30.9. The molecule has 0 atom stereocenters. The van der Waals surface area contributed by atoms with Crippen LogP contribution in [0.2, 0.25) is 0 Å². The smallest absolute Gasteiger partial charge is 0.131 e. The highest BCUT2D eigenvalue weighted by molar-refractivity contribution is 5.97. The molecule has 0 heterocycles. The van der Waals surface area contributed by atoms with E-state index in [2.05, 4.69) is 52.0 Å². The summed E-state index contributed by atoms with van der Waals surface area (Å²) in [6.45, 7) is 8.96. The normalized spacial score (nSPS) is 12.4. The van der Waals surface area contributed by atoms with Crippen LogP contribution in [0.3, 0.4) is 0 Å². The first-order valence-corrected chi connectivity index (χ1v) is 12.6. The topological polar surface area (TPSA) is 0 Å². The minimum atomic E-state index is -0.226. The second-order valence-electron chi connectivity index (χ2n) is 11.1. The van der Waals surface area contributed by atoms with E-state index in [0.29, 0.717) is 5.39 Å². The largest absolute Gasteiger partial charge is 0.207 e. The van der Waals surface area contributed by atoms with Gasteiger partial charge in [0.15, 0.2) is 0 Å². The lowest BCUT2D eigenvalue weighted by Crippen LogP contribution is -2.25. The maximum Gasteiger partial charge on any atom is 0.131 e. The van der Waals surface area contributed by atoms with Crippen molar-refractivity contribution in [2.45, 2.75) is 51.4 Å². The lowest BCUT2D eigenvalue weighted by molar-refractivity contribution is 0.376. The van der Waals surface area contributed by atoms with Gasteiger partial charge in [0, 0.05) is 5.39 Å². The quantitative estimate of drug-likeness (QED) is 0.228. The molecule has 0 amide bonds. The van der Waals surface area contributed by atoms with Crippen molar-refractivity contribution in [1.82, 2.24) is 0 Å². The molecule has 5 rings (SSSR count). The summed E-state index contributed by atoms with van der Waals surface area (Å²) in [5.41, 5.74) is 3.93. The second kappa shape index (κ2) is 9.17. The molecule has 0 aromatic heterocycles. The van der Waals surface area contributed by atoms with Gasteiger partial charge in [0.1, 0.15) is 11.6 Å². The molecule has 0 saturated carbocycles. The van der Waals surface area contributed by atoms with E-state index in [4.69, 9.17) is 0 Å². The predicted octanol–water partition coefficient (Wildman–Crippen LogP) is 9.97. The van der Waals surface area contributed by atoms with Crippen molar-refractivity contribution in [3.63, 3.8) is 0 Å². The van der Waals surface area contributed by atoms with E-state index < -0.39 is 0 Å².